The van der Waals surface area contributed by atoms with Crippen molar-refractivity contribution in [3.63, 3.8) is 0 Å². The van der Waals surface area contributed by atoms with Crippen LogP contribution in [0.4, 0.5) is 51.2 Å². The average Bonchev–Trinajstić information content (AvgIpc) is 3.31. The fourth-order valence-electron chi connectivity index (χ4n) is 12.9. The molecule has 4 heteroatoms. The number of para-hydroxylation sites is 2. The maximum atomic E-state index is 2.71. The fraction of sp³-hybridized carbons (Fsp3) is 0.373. The molecule has 0 N–H and O–H groups in total. The summed E-state index contributed by atoms with van der Waals surface area (Å²) in [5.41, 5.74) is 25.1. The summed E-state index contributed by atoms with van der Waals surface area (Å²) in [6.07, 6.45) is 4.67. The van der Waals surface area contributed by atoms with Crippen LogP contribution in [0.3, 0.4) is 0 Å². The highest BCUT2D eigenvalue weighted by Gasteiger charge is 2.48. The second kappa shape index (κ2) is 16.0. The standard InChI is InChI=1S/C67H76BN3/c1-43-36-44(62(2,3)4)27-31-56(43)71-57-37-45(63(5,6)7)26-30-54(57)68-55-41-52-53(67(14,15)35-34-66(52,12)13)42-58(55)70(48-28-29-50-51(38-48)65(10,11)33-32-64(50,8)9)59-39-49(40-60(71)61(59)68)69(46-22-18-16-19-23-46)47-24-20-17-21-25-47/h16-31,36-42H,32-35H2,1-15H3. The van der Waals surface area contributed by atoms with Gasteiger partial charge in [0.15, 0.2) is 0 Å². The van der Waals surface area contributed by atoms with E-state index in [4.69, 9.17) is 0 Å². The number of hydrogen-bond donors (Lipinski definition) is 0. The highest BCUT2D eigenvalue weighted by atomic mass is 15.2. The van der Waals surface area contributed by atoms with Crippen LogP contribution in [0.5, 0.6) is 0 Å². The van der Waals surface area contributed by atoms with Gasteiger partial charge in [-0.1, -0.05) is 170 Å². The minimum atomic E-state index is -0.0543. The first-order valence-corrected chi connectivity index (χ1v) is 26.6. The van der Waals surface area contributed by atoms with Crippen LogP contribution in [0, 0.1) is 6.92 Å². The second-order valence-corrected chi connectivity index (χ2v) is 26.5. The van der Waals surface area contributed by atoms with Gasteiger partial charge in [-0.2, -0.15) is 0 Å². The first-order chi connectivity index (χ1) is 33.4. The molecule has 71 heavy (non-hydrogen) atoms. The number of nitrogens with zero attached hydrogens (tertiary/aromatic N) is 3. The van der Waals surface area contributed by atoms with Crippen molar-refractivity contribution < 1.29 is 0 Å². The third-order valence-corrected chi connectivity index (χ3v) is 17.6. The lowest BCUT2D eigenvalue weighted by atomic mass is 9.33. The Labute approximate surface area is 427 Å². The molecule has 2 heterocycles. The highest BCUT2D eigenvalue weighted by Crippen LogP contribution is 2.54. The molecule has 4 aliphatic rings. The van der Waals surface area contributed by atoms with Crippen molar-refractivity contribution in [2.24, 2.45) is 0 Å². The van der Waals surface area contributed by atoms with E-state index in [-0.39, 0.29) is 39.2 Å². The Morgan fingerprint density at radius 3 is 1.44 bits per heavy atom. The molecule has 2 aliphatic carbocycles. The van der Waals surface area contributed by atoms with E-state index < -0.39 is 0 Å². The summed E-state index contributed by atoms with van der Waals surface area (Å²) in [5, 5.41) is 0. The van der Waals surface area contributed by atoms with E-state index in [1.807, 2.05) is 0 Å². The van der Waals surface area contributed by atoms with Crippen molar-refractivity contribution in [2.75, 3.05) is 14.7 Å². The number of aryl methyl sites for hydroxylation is 1. The molecule has 2 aliphatic heterocycles. The van der Waals surface area contributed by atoms with Crippen LogP contribution < -0.4 is 31.1 Å². The maximum Gasteiger partial charge on any atom is 0.252 e. The highest BCUT2D eigenvalue weighted by molar-refractivity contribution is 7.00. The van der Waals surface area contributed by atoms with E-state index in [2.05, 4.69) is 258 Å². The van der Waals surface area contributed by atoms with Crippen LogP contribution in [0.1, 0.15) is 162 Å². The molecular weight excluding hydrogens is 858 g/mol. The van der Waals surface area contributed by atoms with E-state index in [1.54, 1.807) is 0 Å². The lowest BCUT2D eigenvalue weighted by Crippen LogP contribution is -2.62. The van der Waals surface area contributed by atoms with E-state index in [9.17, 15) is 0 Å². The van der Waals surface area contributed by atoms with Crippen LogP contribution in [-0.4, -0.2) is 6.71 Å². The molecule has 0 unspecified atom stereocenters. The predicted octanol–water partition coefficient (Wildman–Crippen LogP) is 16.8. The zero-order valence-corrected chi connectivity index (χ0v) is 45.5. The molecule has 0 aromatic heterocycles. The van der Waals surface area contributed by atoms with Gasteiger partial charge in [0, 0.05) is 45.5 Å². The number of fused-ring (bicyclic) bond motifs is 6. The minimum absolute atomic E-state index is 0.00392. The van der Waals surface area contributed by atoms with Crippen molar-refractivity contribution in [1.29, 1.82) is 0 Å². The molecule has 11 rings (SSSR count). The minimum Gasteiger partial charge on any atom is -0.311 e. The van der Waals surface area contributed by atoms with Gasteiger partial charge in [-0.15, -0.1) is 0 Å². The Bertz CT molecular complexity index is 3210. The van der Waals surface area contributed by atoms with Gasteiger partial charge in [0.25, 0.3) is 6.71 Å². The quantitative estimate of drug-likeness (QED) is 0.159. The molecule has 0 bridgehead atoms. The smallest absolute Gasteiger partial charge is 0.252 e. The van der Waals surface area contributed by atoms with Crippen LogP contribution in [0.15, 0.2) is 140 Å². The van der Waals surface area contributed by atoms with Crippen molar-refractivity contribution >= 4 is 74.3 Å². The molecule has 0 saturated carbocycles. The average molecular weight is 934 g/mol. The molecule has 7 aromatic carbocycles. The summed E-state index contributed by atoms with van der Waals surface area (Å²) in [6.45, 7) is 36.2. The van der Waals surface area contributed by atoms with Gasteiger partial charge >= 0.3 is 0 Å². The summed E-state index contributed by atoms with van der Waals surface area (Å²) >= 11 is 0. The van der Waals surface area contributed by atoms with Gasteiger partial charge in [0.1, 0.15) is 0 Å². The van der Waals surface area contributed by atoms with Crippen LogP contribution >= 0.6 is 0 Å². The molecule has 0 amide bonds. The topological polar surface area (TPSA) is 9.72 Å². The van der Waals surface area contributed by atoms with E-state index >= 15 is 0 Å². The summed E-state index contributed by atoms with van der Waals surface area (Å²) in [6, 6.07) is 54.7. The van der Waals surface area contributed by atoms with Crippen LogP contribution in [-0.2, 0) is 32.5 Å². The lowest BCUT2D eigenvalue weighted by Gasteiger charge is -2.48. The second-order valence-electron chi connectivity index (χ2n) is 26.5. The first-order valence-electron chi connectivity index (χ1n) is 26.6. The summed E-state index contributed by atoms with van der Waals surface area (Å²) < 4.78 is 0. The summed E-state index contributed by atoms with van der Waals surface area (Å²) in [5.74, 6) is 0. The summed E-state index contributed by atoms with van der Waals surface area (Å²) in [7, 11) is 0. The van der Waals surface area contributed by atoms with Crippen LogP contribution in [0.25, 0.3) is 0 Å². The van der Waals surface area contributed by atoms with Gasteiger partial charge < -0.3 is 14.7 Å². The Morgan fingerprint density at radius 2 is 0.887 bits per heavy atom. The zero-order valence-electron chi connectivity index (χ0n) is 45.5. The largest absolute Gasteiger partial charge is 0.311 e. The maximum absolute atomic E-state index is 2.71. The lowest BCUT2D eigenvalue weighted by molar-refractivity contribution is 0.332. The van der Waals surface area contributed by atoms with Gasteiger partial charge in [-0.05, 0) is 187 Å². The fourth-order valence-corrected chi connectivity index (χ4v) is 12.9. The van der Waals surface area contributed by atoms with Crippen molar-refractivity contribution in [3.05, 3.63) is 178 Å². The number of anilines is 9. The molecule has 0 radical (unpaired) electrons. The monoisotopic (exact) mass is 934 g/mol. The zero-order chi connectivity index (χ0) is 50.4. The normalized spacial score (nSPS) is 17.9. The predicted molar refractivity (Wildman–Crippen MR) is 308 cm³/mol. The van der Waals surface area contributed by atoms with E-state index in [1.165, 1.54) is 102 Å². The summed E-state index contributed by atoms with van der Waals surface area (Å²) in [4.78, 5) is 7.85. The van der Waals surface area contributed by atoms with Gasteiger partial charge in [0.05, 0.1) is 5.69 Å². The molecule has 0 saturated heterocycles. The molecule has 0 fully saturated rings. The third kappa shape index (κ3) is 7.68. The molecule has 3 nitrogen and oxygen atoms in total. The van der Waals surface area contributed by atoms with Crippen molar-refractivity contribution in [3.8, 4) is 0 Å². The number of hydrogen-bond acceptors (Lipinski definition) is 3. The third-order valence-electron chi connectivity index (χ3n) is 17.6. The SMILES string of the molecule is Cc1cc(C(C)(C)C)ccc1N1c2cc(C(C)(C)C)ccc2B2c3cc4c(cc3N(c3ccc5c(c3)C(C)(C)CCC5(C)C)c3cc(N(c5ccccc5)c5ccccc5)cc1c32)C(C)(C)CCC4(C)C. The van der Waals surface area contributed by atoms with Crippen LogP contribution in [0.2, 0.25) is 0 Å². The Balaban J connectivity index is 1.31. The van der Waals surface area contributed by atoms with Crippen molar-refractivity contribution in [1.82, 2.24) is 0 Å². The number of rotatable bonds is 5. The Hall–Kier alpha value is -6.00. The molecular formula is C67H76BN3. The number of benzene rings is 7. The van der Waals surface area contributed by atoms with E-state index in [0.29, 0.717) is 0 Å². The Morgan fingerprint density at radius 1 is 0.408 bits per heavy atom. The van der Waals surface area contributed by atoms with Gasteiger partial charge in [-0.25, -0.2) is 0 Å². The first kappa shape index (κ1) is 47.3. The molecule has 0 spiro atoms. The Kier molecular flexibility index (Phi) is 10.7. The van der Waals surface area contributed by atoms with E-state index in [0.717, 1.165) is 29.9 Å². The van der Waals surface area contributed by atoms with Crippen molar-refractivity contribution in [2.45, 2.75) is 162 Å². The molecule has 7 aromatic rings. The molecule has 362 valence electrons. The van der Waals surface area contributed by atoms with Gasteiger partial charge in [-0.3, -0.25) is 0 Å². The van der Waals surface area contributed by atoms with Gasteiger partial charge in [0.2, 0.25) is 0 Å². The molecule has 0 atom stereocenters.